The number of anilines is 1. The minimum Gasteiger partial charge on any atom is -0.251 e. The van der Waals surface area contributed by atoms with Gasteiger partial charge in [-0.1, -0.05) is 60.7 Å². The van der Waals surface area contributed by atoms with Crippen molar-refractivity contribution in [3.63, 3.8) is 0 Å². The van der Waals surface area contributed by atoms with Crippen LogP contribution < -0.4 is 5.01 Å². The molecule has 27 heavy (non-hydrogen) atoms. The largest absolute Gasteiger partial charge is 0.251 e. The maximum atomic E-state index is 14.4. The molecule has 1 aliphatic heterocycles. The minimum atomic E-state index is -1.46. The monoisotopic (exact) mass is 370 g/mol. The Kier molecular flexibility index (Phi) is 4.39. The van der Waals surface area contributed by atoms with E-state index in [1.807, 2.05) is 36.4 Å². The van der Waals surface area contributed by atoms with Crippen LogP contribution in [-0.4, -0.2) is 5.71 Å². The van der Waals surface area contributed by atoms with Gasteiger partial charge in [-0.3, -0.25) is 5.01 Å². The predicted octanol–water partition coefficient (Wildman–Crippen LogP) is 5.60. The third-order valence-electron chi connectivity index (χ3n) is 4.52. The molecule has 4 rings (SSSR count). The molecule has 0 aromatic heterocycles. The van der Waals surface area contributed by atoms with Crippen molar-refractivity contribution in [3.8, 4) is 0 Å². The molecule has 1 heterocycles. The highest BCUT2D eigenvalue weighted by Crippen LogP contribution is 2.40. The summed E-state index contributed by atoms with van der Waals surface area (Å²) in [6, 6.07) is 17.7. The van der Waals surface area contributed by atoms with Crippen molar-refractivity contribution in [2.45, 2.75) is 12.5 Å². The first-order valence-corrected chi connectivity index (χ1v) is 8.36. The van der Waals surface area contributed by atoms with E-state index in [0.29, 0.717) is 12.1 Å². The van der Waals surface area contributed by atoms with E-state index >= 15 is 0 Å². The van der Waals surface area contributed by atoms with E-state index in [1.54, 1.807) is 24.3 Å². The molecule has 0 fully saturated rings. The molecule has 0 radical (unpaired) electrons. The Morgan fingerprint density at radius 2 is 1.33 bits per heavy atom. The van der Waals surface area contributed by atoms with Gasteiger partial charge in [-0.2, -0.15) is 5.10 Å². The SMILES string of the molecule is Fc1cc(F)c(F)c(N2N=C(c3ccccc3)CC2c2ccccc2)c1F. The minimum absolute atomic E-state index is 0.198. The highest BCUT2D eigenvalue weighted by molar-refractivity contribution is 6.03. The highest BCUT2D eigenvalue weighted by Gasteiger charge is 2.35. The summed E-state index contributed by atoms with van der Waals surface area (Å²) in [6.45, 7) is 0. The molecule has 1 unspecified atom stereocenters. The van der Waals surface area contributed by atoms with Crippen molar-refractivity contribution >= 4 is 11.4 Å². The van der Waals surface area contributed by atoms with E-state index < -0.39 is 35.0 Å². The standard InChI is InChI=1S/C21H14F4N2/c22-15-11-16(23)20(25)21(19(15)24)27-18(14-9-5-2-6-10-14)12-17(26-27)13-7-3-1-4-8-13/h1-11,18H,12H2. The van der Waals surface area contributed by atoms with Crippen molar-refractivity contribution in [2.75, 3.05) is 5.01 Å². The highest BCUT2D eigenvalue weighted by atomic mass is 19.2. The lowest BCUT2D eigenvalue weighted by Gasteiger charge is -2.25. The van der Waals surface area contributed by atoms with Gasteiger partial charge in [0.25, 0.3) is 0 Å². The third kappa shape index (κ3) is 3.07. The van der Waals surface area contributed by atoms with E-state index in [9.17, 15) is 17.6 Å². The molecule has 0 saturated heterocycles. The maximum Gasteiger partial charge on any atom is 0.187 e. The van der Waals surface area contributed by atoms with Gasteiger partial charge < -0.3 is 0 Å². The smallest absolute Gasteiger partial charge is 0.187 e. The Morgan fingerprint density at radius 3 is 1.93 bits per heavy atom. The summed E-state index contributed by atoms with van der Waals surface area (Å²) in [7, 11) is 0. The second-order valence-electron chi connectivity index (χ2n) is 6.20. The first kappa shape index (κ1) is 17.3. The van der Waals surface area contributed by atoms with Gasteiger partial charge in [-0.25, -0.2) is 17.6 Å². The Hall–Kier alpha value is -3.15. The topological polar surface area (TPSA) is 15.6 Å². The molecule has 2 nitrogen and oxygen atoms in total. The summed E-state index contributed by atoms with van der Waals surface area (Å²) >= 11 is 0. The van der Waals surface area contributed by atoms with Crippen LogP contribution in [0, 0.1) is 23.3 Å². The average Bonchev–Trinajstić information content (AvgIpc) is 3.13. The van der Waals surface area contributed by atoms with Crippen LogP contribution >= 0.6 is 0 Å². The number of benzene rings is 3. The summed E-state index contributed by atoms with van der Waals surface area (Å²) in [5.41, 5.74) is 1.26. The van der Waals surface area contributed by atoms with Crippen LogP contribution in [0.25, 0.3) is 0 Å². The number of halogens is 4. The van der Waals surface area contributed by atoms with Crippen molar-refractivity contribution in [3.05, 3.63) is 101 Å². The fourth-order valence-electron chi connectivity index (χ4n) is 3.22. The van der Waals surface area contributed by atoms with Gasteiger partial charge in [0.15, 0.2) is 23.3 Å². The van der Waals surface area contributed by atoms with Gasteiger partial charge >= 0.3 is 0 Å². The molecule has 0 saturated carbocycles. The molecule has 6 heteroatoms. The average molecular weight is 370 g/mol. The van der Waals surface area contributed by atoms with Gasteiger partial charge in [0.1, 0.15) is 5.69 Å². The zero-order chi connectivity index (χ0) is 19.0. The molecular weight excluding hydrogens is 356 g/mol. The number of hydrogen-bond donors (Lipinski definition) is 0. The molecule has 1 atom stereocenters. The molecule has 1 aliphatic rings. The van der Waals surface area contributed by atoms with Crippen LogP contribution in [0.15, 0.2) is 71.8 Å². The summed E-state index contributed by atoms with van der Waals surface area (Å²) in [5.74, 6) is -5.85. The van der Waals surface area contributed by atoms with Crippen molar-refractivity contribution in [1.29, 1.82) is 0 Å². The molecule has 3 aromatic rings. The van der Waals surface area contributed by atoms with Gasteiger partial charge in [-0.15, -0.1) is 0 Å². The fraction of sp³-hybridized carbons (Fsp3) is 0.0952. The molecule has 0 N–H and O–H groups in total. The lowest BCUT2D eigenvalue weighted by molar-refractivity contribution is 0.448. The second-order valence-corrected chi connectivity index (χ2v) is 6.20. The van der Waals surface area contributed by atoms with Crippen LogP contribution in [0.1, 0.15) is 23.6 Å². The zero-order valence-corrected chi connectivity index (χ0v) is 14.0. The van der Waals surface area contributed by atoms with Gasteiger partial charge in [0.05, 0.1) is 11.8 Å². The molecule has 0 amide bonds. The van der Waals surface area contributed by atoms with E-state index in [4.69, 9.17) is 0 Å². The fourth-order valence-corrected chi connectivity index (χ4v) is 3.22. The van der Waals surface area contributed by atoms with Gasteiger partial charge in [-0.05, 0) is 11.1 Å². The number of rotatable bonds is 3. The van der Waals surface area contributed by atoms with Crippen molar-refractivity contribution < 1.29 is 17.6 Å². The molecule has 0 aliphatic carbocycles. The number of nitrogens with zero attached hydrogens (tertiary/aromatic N) is 2. The second kappa shape index (κ2) is 6.87. The quantitative estimate of drug-likeness (QED) is 0.433. The zero-order valence-electron chi connectivity index (χ0n) is 14.0. The van der Waals surface area contributed by atoms with Crippen molar-refractivity contribution in [2.24, 2.45) is 5.10 Å². The summed E-state index contributed by atoms with van der Waals surface area (Å²) < 4.78 is 56.4. The van der Waals surface area contributed by atoms with E-state index in [0.717, 1.165) is 16.1 Å². The Morgan fingerprint density at radius 1 is 0.778 bits per heavy atom. The van der Waals surface area contributed by atoms with Crippen molar-refractivity contribution in [1.82, 2.24) is 0 Å². The lowest BCUT2D eigenvalue weighted by Crippen LogP contribution is -2.22. The summed E-state index contributed by atoms with van der Waals surface area (Å²) in [5, 5.41) is 5.36. The predicted molar refractivity (Wildman–Crippen MR) is 95.5 cm³/mol. The van der Waals surface area contributed by atoms with Crippen LogP contribution in [0.5, 0.6) is 0 Å². The normalized spacial score (nSPS) is 16.5. The molecule has 136 valence electrons. The molecule has 0 spiro atoms. The van der Waals surface area contributed by atoms with E-state index in [-0.39, 0.29) is 6.07 Å². The van der Waals surface area contributed by atoms with Crippen LogP contribution in [0.4, 0.5) is 23.2 Å². The van der Waals surface area contributed by atoms with Crippen LogP contribution in [0.2, 0.25) is 0 Å². The summed E-state index contributed by atoms with van der Waals surface area (Å²) in [4.78, 5) is 0. The number of hydrazone groups is 1. The van der Waals surface area contributed by atoms with E-state index in [1.165, 1.54) is 0 Å². The van der Waals surface area contributed by atoms with Crippen LogP contribution in [-0.2, 0) is 0 Å². The molecule has 3 aromatic carbocycles. The lowest BCUT2D eigenvalue weighted by atomic mass is 9.98. The first-order valence-electron chi connectivity index (χ1n) is 8.36. The first-order chi connectivity index (χ1) is 13.1. The molecule has 0 bridgehead atoms. The van der Waals surface area contributed by atoms with E-state index in [2.05, 4.69) is 5.10 Å². The molecular formula is C21H14F4N2. The Bertz CT molecular complexity index is 977. The van der Waals surface area contributed by atoms with Gasteiger partial charge in [0.2, 0.25) is 0 Å². The van der Waals surface area contributed by atoms with Crippen LogP contribution in [0.3, 0.4) is 0 Å². The van der Waals surface area contributed by atoms with Gasteiger partial charge in [0, 0.05) is 12.5 Å². The third-order valence-corrected chi connectivity index (χ3v) is 4.52. The Balaban J connectivity index is 1.88. The maximum absolute atomic E-state index is 14.4. The summed E-state index contributed by atoms with van der Waals surface area (Å²) in [6.07, 6.45) is 0.338. The number of hydrogen-bond acceptors (Lipinski definition) is 2. The Labute approximate surface area is 153 Å².